The molecule has 1 aromatic heterocycles. The number of aromatic amines is 1. The van der Waals surface area contributed by atoms with Gasteiger partial charge in [0.2, 0.25) is 0 Å². The fourth-order valence-electron chi connectivity index (χ4n) is 1.93. The van der Waals surface area contributed by atoms with Crippen molar-refractivity contribution in [2.45, 2.75) is 52.8 Å². The van der Waals surface area contributed by atoms with Gasteiger partial charge in [0, 0.05) is 5.54 Å². The number of nitrogens with zero attached hydrogens (tertiary/aromatic N) is 1. The molecule has 0 spiro atoms. The highest BCUT2D eigenvalue weighted by atomic mass is 16.5. The minimum atomic E-state index is 0.0861. The number of nitrogens with one attached hydrogen (secondary N) is 2. The molecule has 0 saturated carbocycles. The first-order valence-electron chi connectivity index (χ1n) is 7.39. The van der Waals surface area contributed by atoms with Crippen LogP contribution in [0.2, 0.25) is 0 Å². The van der Waals surface area contributed by atoms with Crippen LogP contribution in [-0.4, -0.2) is 21.6 Å². The molecule has 0 saturated heterocycles. The van der Waals surface area contributed by atoms with Crippen molar-refractivity contribution in [1.82, 2.24) is 15.3 Å². The van der Waals surface area contributed by atoms with Crippen LogP contribution in [0.4, 0.5) is 0 Å². The monoisotopic (exact) mass is 287 g/mol. The molecule has 0 bridgehead atoms. The van der Waals surface area contributed by atoms with Crippen LogP contribution in [0.3, 0.4) is 0 Å². The zero-order valence-corrected chi connectivity index (χ0v) is 13.5. The Balaban J connectivity index is 2.03. The lowest BCUT2D eigenvalue weighted by molar-refractivity contribution is 0.242. The van der Waals surface area contributed by atoms with Crippen molar-refractivity contribution >= 4 is 0 Å². The maximum Gasteiger partial charge on any atom is 0.120 e. The van der Waals surface area contributed by atoms with Gasteiger partial charge in [-0.1, -0.05) is 0 Å². The molecule has 0 aliphatic carbocycles. The minimum Gasteiger partial charge on any atom is -0.491 e. The molecule has 0 fully saturated rings. The summed E-state index contributed by atoms with van der Waals surface area (Å²) in [5.74, 6) is 1.84. The van der Waals surface area contributed by atoms with Crippen LogP contribution in [0.25, 0.3) is 11.3 Å². The second kappa shape index (κ2) is 6.31. The molecule has 1 aromatic carbocycles. The molecule has 2 N–H and O–H groups in total. The molecule has 0 atom stereocenters. The van der Waals surface area contributed by atoms with Crippen LogP contribution >= 0.6 is 0 Å². The predicted octanol–water partition coefficient (Wildman–Crippen LogP) is 3.75. The van der Waals surface area contributed by atoms with E-state index in [1.165, 1.54) is 0 Å². The van der Waals surface area contributed by atoms with E-state index in [1.807, 2.05) is 44.3 Å². The van der Waals surface area contributed by atoms with Crippen molar-refractivity contribution in [1.29, 1.82) is 0 Å². The summed E-state index contributed by atoms with van der Waals surface area (Å²) in [4.78, 5) is 7.77. The van der Waals surface area contributed by atoms with Crippen molar-refractivity contribution in [3.8, 4) is 17.0 Å². The van der Waals surface area contributed by atoms with Gasteiger partial charge in [0.15, 0.2) is 0 Å². The Kier molecular flexibility index (Phi) is 4.68. The molecule has 4 heteroatoms. The Morgan fingerprint density at radius 3 is 2.43 bits per heavy atom. The highest BCUT2D eigenvalue weighted by Gasteiger charge is 2.10. The molecule has 21 heavy (non-hydrogen) atoms. The van der Waals surface area contributed by atoms with Gasteiger partial charge in [-0.2, -0.15) is 0 Å². The van der Waals surface area contributed by atoms with Crippen LogP contribution < -0.4 is 10.1 Å². The molecule has 4 nitrogen and oxygen atoms in total. The van der Waals surface area contributed by atoms with Gasteiger partial charge >= 0.3 is 0 Å². The number of imidazole rings is 1. The van der Waals surface area contributed by atoms with Crippen molar-refractivity contribution in [3.63, 3.8) is 0 Å². The highest BCUT2D eigenvalue weighted by Crippen LogP contribution is 2.21. The van der Waals surface area contributed by atoms with Crippen LogP contribution in [-0.2, 0) is 6.54 Å². The van der Waals surface area contributed by atoms with Gasteiger partial charge in [-0.3, -0.25) is 0 Å². The van der Waals surface area contributed by atoms with E-state index in [0.717, 1.165) is 29.4 Å². The summed E-state index contributed by atoms with van der Waals surface area (Å²) in [6.07, 6.45) is 2.07. The number of benzene rings is 1. The molecule has 2 aromatic rings. The minimum absolute atomic E-state index is 0.0861. The van der Waals surface area contributed by atoms with E-state index >= 15 is 0 Å². The van der Waals surface area contributed by atoms with Crippen LogP contribution in [0.5, 0.6) is 5.75 Å². The molecular weight excluding hydrogens is 262 g/mol. The van der Waals surface area contributed by atoms with Crippen LogP contribution in [0, 0.1) is 0 Å². The Bertz CT molecular complexity index is 564. The number of hydrogen-bond donors (Lipinski definition) is 2. The largest absolute Gasteiger partial charge is 0.491 e. The lowest BCUT2D eigenvalue weighted by atomic mass is 10.1. The topological polar surface area (TPSA) is 49.9 Å². The number of aromatic nitrogens is 2. The number of rotatable bonds is 5. The molecule has 0 aliphatic heterocycles. The summed E-state index contributed by atoms with van der Waals surface area (Å²) in [5, 5.41) is 3.42. The second-order valence-electron chi connectivity index (χ2n) is 6.54. The lowest BCUT2D eigenvalue weighted by Crippen LogP contribution is -2.35. The summed E-state index contributed by atoms with van der Waals surface area (Å²) in [6, 6.07) is 8.07. The molecular formula is C17H25N3O. The van der Waals surface area contributed by atoms with E-state index in [4.69, 9.17) is 4.74 Å². The van der Waals surface area contributed by atoms with Crippen molar-refractivity contribution < 1.29 is 4.74 Å². The standard InChI is InChI=1S/C17H25N3O/c1-12(2)21-14-8-6-13(7-9-14)15-10-18-16(20-15)11-19-17(3,4)5/h6-10,12,19H,11H2,1-5H3,(H,18,20). The first-order chi connectivity index (χ1) is 9.83. The van der Waals surface area contributed by atoms with E-state index in [9.17, 15) is 0 Å². The maximum absolute atomic E-state index is 5.65. The third-order valence-corrected chi connectivity index (χ3v) is 2.95. The van der Waals surface area contributed by atoms with Gasteiger partial charge in [0.05, 0.1) is 24.5 Å². The predicted molar refractivity (Wildman–Crippen MR) is 86.4 cm³/mol. The summed E-state index contributed by atoms with van der Waals surface area (Å²) < 4.78 is 5.65. The van der Waals surface area contributed by atoms with E-state index in [-0.39, 0.29) is 11.6 Å². The first kappa shape index (κ1) is 15.6. The third kappa shape index (κ3) is 4.90. The summed E-state index contributed by atoms with van der Waals surface area (Å²) in [6.45, 7) is 11.2. The van der Waals surface area contributed by atoms with Gasteiger partial charge in [0.1, 0.15) is 11.6 Å². The third-order valence-electron chi connectivity index (χ3n) is 2.95. The van der Waals surface area contributed by atoms with Gasteiger partial charge in [-0.05, 0) is 64.4 Å². The normalized spacial score (nSPS) is 11.9. The van der Waals surface area contributed by atoms with Crippen LogP contribution in [0.1, 0.15) is 40.4 Å². The zero-order chi connectivity index (χ0) is 15.5. The quantitative estimate of drug-likeness (QED) is 0.880. The molecule has 2 rings (SSSR count). The Hall–Kier alpha value is -1.81. The van der Waals surface area contributed by atoms with Gasteiger partial charge in [0.25, 0.3) is 0 Å². The first-order valence-corrected chi connectivity index (χ1v) is 7.39. The number of ether oxygens (including phenoxy) is 1. The van der Waals surface area contributed by atoms with Crippen molar-refractivity contribution in [3.05, 3.63) is 36.3 Å². The fourth-order valence-corrected chi connectivity index (χ4v) is 1.93. The van der Waals surface area contributed by atoms with E-state index in [2.05, 4.69) is 36.1 Å². The molecule has 0 radical (unpaired) electrons. The van der Waals surface area contributed by atoms with Gasteiger partial charge in [-0.25, -0.2) is 4.98 Å². The Morgan fingerprint density at radius 1 is 1.19 bits per heavy atom. The second-order valence-corrected chi connectivity index (χ2v) is 6.54. The van der Waals surface area contributed by atoms with Crippen LogP contribution in [0.15, 0.2) is 30.5 Å². The molecule has 0 unspecified atom stereocenters. The Morgan fingerprint density at radius 2 is 1.86 bits per heavy atom. The fraction of sp³-hybridized carbons (Fsp3) is 0.471. The van der Waals surface area contributed by atoms with Gasteiger partial charge in [-0.15, -0.1) is 0 Å². The van der Waals surface area contributed by atoms with E-state index in [1.54, 1.807) is 0 Å². The molecule has 0 aliphatic rings. The maximum atomic E-state index is 5.65. The average molecular weight is 287 g/mol. The van der Waals surface area contributed by atoms with E-state index in [0.29, 0.717) is 0 Å². The van der Waals surface area contributed by atoms with Crippen molar-refractivity contribution in [2.75, 3.05) is 0 Å². The number of H-pyrrole nitrogens is 1. The average Bonchev–Trinajstić information content (AvgIpc) is 2.84. The summed E-state index contributed by atoms with van der Waals surface area (Å²) in [7, 11) is 0. The van der Waals surface area contributed by atoms with Crippen molar-refractivity contribution in [2.24, 2.45) is 0 Å². The zero-order valence-electron chi connectivity index (χ0n) is 13.5. The Labute approximate surface area is 127 Å². The highest BCUT2D eigenvalue weighted by molar-refractivity contribution is 5.59. The SMILES string of the molecule is CC(C)Oc1ccc(-c2cnc(CNC(C)(C)C)[nH]2)cc1. The summed E-state index contributed by atoms with van der Waals surface area (Å²) >= 11 is 0. The number of hydrogen-bond acceptors (Lipinski definition) is 3. The molecule has 0 amide bonds. The molecule has 1 heterocycles. The lowest BCUT2D eigenvalue weighted by Gasteiger charge is -2.19. The van der Waals surface area contributed by atoms with Gasteiger partial charge < -0.3 is 15.0 Å². The smallest absolute Gasteiger partial charge is 0.120 e. The molecule has 114 valence electrons. The summed E-state index contributed by atoms with van der Waals surface area (Å²) in [5.41, 5.74) is 2.22. The van der Waals surface area contributed by atoms with E-state index < -0.39 is 0 Å².